The second-order valence-electron chi connectivity index (χ2n) is 4.62. The minimum Gasteiger partial charge on any atom is -0.384 e. The van der Waals surface area contributed by atoms with Crippen molar-refractivity contribution < 1.29 is 17.9 Å². The van der Waals surface area contributed by atoms with Crippen LogP contribution in [0.1, 0.15) is 38.7 Å². The summed E-state index contributed by atoms with van der Waals surface area (Å²) in [6.07, 6.45) is 2.27. The number of aliphatic hydroxyl groups excluding tert-OH is 1. The first kappa shape index (κ1) is 17.6. The molecular weight excluding hydrogens is 293 g/mol. The summed E-state index contributed by atoms with van der Waals surface area (Å²) < 4.78 is 40.7. The average molecular weight is 313 g/mol. The second-order valence-corrected chi connectivity index (χ2v) is 6.30. The molecular formula is C15H20FNO3S. The smallest absolute Gasteiger partial charge is 0.242 e. The molecule has 6 heteroatoms. The quantitative estimate of drug-likeness (QED) is 0.790. The van der Waals surface area contributed by atoms with Crippen molar-refractivity contribution in [2.45, 2.75) is 44.0 Å². The Morgan fingerprint density at radius 1 is 1.38 bits per heavy atom. The fraction of sp³-hybridized carbons (Fsp3) is 0.467. The van der Waals surface area contributed by atoms with Gasteiger partial charge in [-0.2, -0.15) is 0 Å². The highest BCUT2D eigenvalue weighted by Gasteiger charge is 2.21. The summed E-state index contributed by atoms with van der Waals surface area (Å²) in [5, 5.41) is 8.71. The molecule has 1 aromatic carbocycles. The monoisotopic (exact) mass is 313 g/mol. The average Bonchev–Trinajstić information content (AvgIpc) is 2.44. The number of aliphatic hydroxyl groups is 1. The number of sulfonamides is 1. The SMILES string of the molecule is CCCC(CC)NS(=O)(=O)c1ccc(F)cc1C#CCO. The highest BCUT2D eigenvalue weighted by Crippen LogP contribution is 2.18. The first-order valence-electron chi connectivity index (χ1n) is 6.86. The molecule has 1 unspecified atom stereocenters. The Morgan fingerprint density at radius 3 is 2.67 bits per heavy atom. The molecule has 4 nitrogen and oxygen atoms in total. The van der Waals surface area contributed by atoms with E-state index >= 15 is 0 Å². The highest BCUT2D eigenvalue weighted by molar-refractivity contribution is 7.89. The number of rotatable bonds is 6. The van der Waals surface area contributed by atoms with E-state index in [1.165, 1.54) is 6.07 Å². The molecule has 0 aromatic heterocycles. The van der Waals surface area contributed by atoms with Crippen molar-refractivity contribution in [2.75, 3.05) is 6.61 Å². The molecule has 2 N–H and O–H groups in total. The molecule has 0 aliphatic carbocycles. The van der Waals surface area contributed by atoms with Crippen LogP contribution in [0.2, 0.25) is 0 Å². The summed E-state index contributed by atoms with van der Waals surface area (Å²) in [7, 11) is -3.77. The van der Waals surface area contributed by atoms with Crippen LogP contribution < -0.4 is 4.72 Å². The first-order chi connectivity index (χ1) is 9.94. The molecule has 1 rings (SSSR count). The molecule has 0 heterocycles. The predicted molar refractivity (Wildman–Crippen MR) is 79.7 cm³/mol. The van der Waals surface area contributed by atoms with Crippen molar-refractivity contribution in [2.24, 2.45) is 0 Å². The largest absolute Gasteiger partial charge is 0.384 e. The Balaban J connectivity index is 3.18. The lowest BCUT2D eigenvalue weighted by Gasteiger charge is -2.17. The van der Waals surface area contributed by atoms with E-state index in [9.17, 15) is 12.8 Å². The van der Waals surface area contributed by atoms with Crippen LogP contribution in [-0.4, -0.2) is 26.2 Å². The van der Waals surface area contributed by atoms with E-state index in [0.29, 0.717) is 6.42 Å². The van der Waals surface area contributed by atoms with Gasteiger partial charge in [0.2, 0.25) is 10.0 Å². The zero-order valence-electron chi connectivity index (χ0n) is 12.2. The van der Waals surface area contributed by atoms with Gasteiger partial charge in [-0.05, 0) is 31.0 Å². The van der Waals surface area contributed by atoms with E-state index in [2.05, 4.69) is 16.6 Å². The van der Waals surface area contributed by atoms with Crippen LogP contribution in [0.5, 0.6) is 0 Å². The fourth-order valence-corrected chi connectivity index (χ4v) is 3.44. The number of nitrogens with one attached hydrogen (secondary N) is 1. The number of halogens is 1. The van der Waals surface area contributed by atoms with Crippen molar-refractivity contribution in [1.82, 2.24) is 4.72 Å². The summed E-state index contributed by atoms with van der Waals surface area (Å²) in [5.74, 6) is 4.24. The van der Waals surface area contributed by atoms with E-state index in [-0.39, 0.29) is 16.5 Å². The van der Waals surface area contributed by atoms with E-state index < -0.39 is 22.4 Å². The maximum absolute atomic E-state index is 13.3. The molecule has 0 radical (unpaired) electrons. The minimum absolute atomic E-state index is 0.0444. The third kappa shape index (κ3) is 5.12. The fourth-order valence-electron chi connectivity index (χ4n) is 1.95. The lowest BCUT2D eigenvalue weighted by Crippen LogP contribution is -2.34. The Labute approximate surface area is 125 Å². The zero-order valence-corrected chi connectivity index (χ0v) is 13.0. The summed E-state index contributed by atoms with van der Waals surface area (Å²) in [6.45, 7) is 3.46. The van der Waals surface area contributed by atoms with Crippen LogP contribution in [0, 0.1) is 17.7 Å². The third-order valence-electron chi connectivity index (χ3n) is 2.98. The molecule has 0 spiro atoms. The lowest BCUT2D eigenvalue weighted by molar-refractivity contribution is 0.350. The van der Waals surface area contributed by atoms with Gasteiger partial charge in [0.1, 0.15) is 12.4 Å². The zero-order chi connectivity index (χ0) is 15.9. The van der Waals surface area contributed by atoms with Crippen molar-refractivity contribution in [3.8, 4) is 11.8 Å². The maximum atomic E-state index is 13.3. The summed E-state index contributed by atoms with van der Waals surface area (Å²) in [4.78, 5) is -0.0700. The van der Waals surface area contributed by atoms with Crippen molar-refractivity contribution in [1.29, 1.82) is 0 Å². The molecule has 0 amide bonds. The van der Waals surface area contributed by atoms with E-state index in [1.807, 2.05) is 13.8 Å². The molecule has 0 aliphatic heterocycles. The third-order valence-corrected chi connectivity index (χ3v) is 4.56. The van der Waals surface area contributed by atoms with Crippen LogP contribution in [0.15, 0.2) is 23.1 Å². The van der Waals surface area contributed by atoms with Gasteiger partial charge in [-0.15, -0.1) is 0 Å². The van der Waals surface area contributed by atoms with Crippen LogP contribution >= 0.6 is 0 Å². The second kappa shape index (κ2) is 8.13. The summed E-state index contributed by atoms with van der Waals surface area (Å²) in [5.41, 5.74) is 0.0444. The Bertz CT molecular complexity index is 632. The van der Waals surface area contributed by atoms with Gasteiger partial charge in [0.05, 0.1) is 4.90 Å². The van der Waals surface area contributed by atoms with Crippen molar-refractivity contribution >= 4 is 10.0 Å². The van der Waals surface area contributed by atoms with Crippen LogP contribution in [-0.2, 0) is 10.0 Å². The molecule has 116 valence electrons. The number of benzene rings is 1. The Hall–Kier alpha value is -1.42. The van der Waals surface area contributed by atoms with E-state index in [0.717, 1.165) is 25.0 Å². The summed E-state index contributed by atoms with van der Waals surface area (Å²) >= 11 is 0. The molecule has 0 saturated heterocycles. The first-order valence-corrected chi connectivity index (χ1v) is 8.34. The van der Waals surface area contributed by atoms with Gasteiger partial charge in [-0.3, -0.25) is 0 Å². The number of hydrogen-bond acceptors (Lipinski definition) is 3. The maximum Gasteiger partial charge on any atom is 0.242 e. The Morgan fingerprint density at radius 2 is 2.10 bits per heavy atom. The van der Waals surface area contributed by atoms with Gasteiger partial charge < -0.3 is 5.11 Å². The van der Waals surface area contributed by atoms with Crippen molar-refractivity contribution in [3.63, 3.8) is 0 Å². The van der Waals surface area contributed by atoms with Gasteiger partial charge in [0.15, 0.2) is 0 Å². The predicted octanol–water partition coefficient (Wildman–Crippen LogP) is 2.03. The molecule has 0 bridgehead atoms. The molecule has 0 aliphatic rings. The topological polar surface area (TPSA) is 66.4 Å². The van der Waals surface area contributed by atoms with Crippen LogP contribution in [0.3, 0.4) is 0 Å². The van der Waals surface area contributed by atoms with Gasteiger partial charge in [-0.25, -0.2) is 17.5 Å². The van der Waals surface area contributed by atoms with E-state index in [1.54, 1.807) is 0 Å². The van der Waals surface area contributed by atoms with Crippen molar-refractivity contribution in [3.05, 3.63) is 29.6 Å². The normalized spacial score (nSPS) is 12.6. The van der Waals surface area contributed by atoms with Gasteiger partial charge in [-0.1, -0.05) is 32.1 Å². The van der Waals surface area contributed by atoms with Crippen LogP contribution in [0.25, 0.3) is 0 Å². The Kier molecular flexibility index (Phi) is 6.82. The standard InChI is InChI=1S/C15H20FNO3S/c1-3-6-14(4-2)17-21(19,20)15-9-8-13(16)11-12(15)7-5-10-18/h8-9,11,14,17-18H,3-4,6,10H2,1-2H3. The van der Waals surface area contributed by atoms with Gasteiger partial charge >= 0.3 is 0 Å². The minimum atomic E-state index is -3.77. The van der Waals surface area contributed by atoms with Gasteiger partial charge in [0.25, 0.3) is 0 Å². The highest BCUT2D eigenvalue weighted by atomic mass is 32.2. The molecule has 0 saturated carbocycles. The number of hydrogen-bond donors (Lipinski definition) is 2. The summed E-state index contributed by atoms with van der Waals surface area (Å²) in [6, 6.07) is 3.17. The lowest BCUT2D eigenvalue weighted by atomic mass is 10.1. The van der Waals surface area contributed by atoms with Gasteiger partial charge in [0, 0.05) is 11.6 Å². The van der Waals surface area contributed by atoms with Crippen LogP contribution in [0.4, 0.5) is 4.39 Å². The molecule has 1 aromatic rings. The van der Waals surface area contributed by atoms with E-state index in [4.69, 9.17) is 5.11 Å². The molecule has 21 heavy (non-hydrogen) atoms. The molecule has 1 atom stereocenters. The molecule has 0 fully saturated rings.